The number of nitrogens with one attached hydrogen (secondary N) is 1. The lowest BCUT2D eigenvalue weighted by atomic mass is 10.3. The van der Waals surface area contributed by atoms with Gasteiger partial charge in [-0.2, -0.15) is 0 Å². The minimum atomic E-state index is -4.17. The van der Waals surface area contributed by atoms with Crippen LogP contribution in [0.15, 0.2) is 53.4 Å². The predicted octanol–water partition coefficient (Wildman–Crippen LogP) is 2.10. The summed E-state index contributed by atoms with van der Waals surface area (Å²) in [6.07, 6.45) is 0.712. The zero-order valence-corrected chi connectivity index (χ0v) is 17.6. The van der Waals surface area contributed by atoms with E-state index >= 15 is 0 Å². The van der Waals surface area contributed by atoms with E-state index in [0.29, 0.717) is 18.7 Å². The molecule has 0 fully saturated rings. The summed E-state index contributed by atoms with van der Waals surface area (Å²) in [5, 5.41) is 2.69. The smallest absolute Gasteiger partial charge is 0.264 e. The lowest BCUT2D eigenvalue weighted by Gasteiger charge is -2.24. The molecule has 0 bridgehead atoms. The van der Waals surface area contributed by atoms with Gasteiger partial charge in [-0.3, -0.25) is 9.10 Å². The van der Waals surface area contributed by atoms with Crippen molar-refractivity contribution in [2.45, 2.75) is 11.3 Å². The molecule has 1 amide bonds. The first-order valence-electron chi connectivity index (χ1n) is 9.08. The fourth-order valence-corrected chi connectivity index (χ4v) is 4.07. The summed E-state index contributed by atoms with van der Waals surface area (Å²) in [4.78, 5) is 14.3. The number of ether oxygens (including phenoxy) is 1. The number of amides is 1. The van der Waals surface area contributed by atoms with Gasteiger partial charge in [0.15, 0.2) is 0 Å². The Hall–Kier alpha value is -2.65. The number of benzene rings is 2. The summed E-state index contributed by atoms with van der Waals surface area (Å²) in [7, 11) is 1.14. The number of halogens is 1. The first kappa shape index (κ1) is 22.6. The Bertz CT molecular complexity index is 918. The molecular weight excluding hydrogens is 397 g/mol. The topological polar surface area (TPSA) is 79.0 Å². The monoisotopic (exact) mass is 423 g/mol. The molecule has 0 aliphatic carbocycles. The van der Waals surface area contributed by atoms with E-state index in [1.807, 2.05) is 19.0 Å². The molecule has 0 unspecified atom stereocenters. The molecule has 2 aromatic carbocycles. The second kappa shape index (κ2) is 10.2. The molecule has 0 saturated carbocycles. The minimum absolute atomic E-state index is 0.0676. The molecule has 0 aromatic heterocycles. The van der Waals surface area contributed by atoms with Gasteiger partial charge >= 0.3 is 0 Å². The maximum atomic E-state index is 14.4. The maximum Gasteiger partial charge on any atom is 0.264 e. The summed E-state index contributed by atoms with van der Waals surface area (Å²) in [6.45, 7) is 0.642. The van der Waals surface area contributed by atoms with Crippen LogP contribution in [-0.4, -0.2) is 60.1 Å². The van der Waals surface area contributed by atoms with Crippen LogP contribution in [0, 0.1) is 5.82 Å². The predicted molar refractivity (Wildman–Crippen MR) is 110 cm³/mol. The van der Waals surface area contributed by atoms with Crippen molar-refractivity contribution >= 4 is 21.6 Å². The lowest BCUT2D eigenvalue weighted by molar-refractivity contribution is -0.119. The SMILES string of the molecule is COc1ccc(S(=O)(=O)N(CC(=O)NCCCN(C)C)c2ccccc2F)cc1. The van der Waals surface area contributed by atoms with Crippen LogP contribution >= 0.6 is 0 Å². The lowest BCUT2D eigenvalue weighted by Crippen LogP contribution is -2.41. The molecule has 0 atom stereocenters. The highest BCUT2D eigenvalue weighted by Gasteiger charge is 2.29. The van der Waals surface area contributed by atoms with E-state index in [9.17, 15) is 17.6 Å². The number of para-hydroxylation sites is 1. The molecule has 1 N–H and O–H groups in total. The van der Waals surface area contributed by atoms with E-state index in [4.69, 9.17) is 4.74 Å². The molecular formula is C20H26FN3O4S. The van der Waals surface area contributed by atoms with Gasteiger partial charge in [0.2, 0.25) is 5.91 Å². The highest BCUT2D eigenvalue weighted by molar-refractivity contribution is 7.92. The third-order valence-electron chi connectivity index (χ3n) is 4.16. The molecule has 0 aliphatic rings. The molecule has 0 radical (unpaired) electrons. The van der Waals surface area contributed by atoms with Crippen molar-refractivity contribution < 1.29 is 22.3 Å². The van der Waals surface area contributed by atoms with Crippen LogP contribution in [0.3, 0.4) is 0 Å². The summed E-state index contributed by atoms with van der Waals surface area (Å²) < 4.78 is 46.6. The molecule has 2 rings (SSSR count). The second-order valence-corrected chi connectivity index (χ2v) is 8.51. The normalized spacial score (nSPS) is 11.3. The van der Waals surface area contributed by atoms with Crippen molar-refractivity contribution in [1.82, 2.24) is 10.2 Å². The van der Waals surface area contributed by atoms with E-state index in [-0.39, 0.29) is 10.6 Å². The van der Waals surface area contributed by atoms with E-state index in [2.05, 4.69) is 5.32 Å². The molecule has 2 aromatic rings. The number of anilines is 1. The van der Waals surface area contributed by atoms with Gasteiger partial charge in [0, 0.05) is 6.54 Å². The molecule has 0 aliphatic heterocycles. The summed E-state index contributed by atoms with van der Waals surface area (Å²) in [5.41, 5.74) is -0.188. The molecule has 9 heteroatoms. The molecule has 0 spiro atoms. The van der Waals surface area contributed by atoms with Gasteiger partial charge in [0.1, 0.15) is 18.1 Å². The Morgan fingerprint density at radius 1 is 1.10 bits per heavy atom. The van der Waals surface area contributed by atoms with Gasteiger partial charge in [0.25, 0.3) is 10.0 Å². The molecule has 0 heterocycles. The van der Waals surface area contributed by atoms with Crippen LogP contribution in [0.2, 0.25) is 0 Å². The van der Waals surface area contributed by atoms with Crippen molar-refractivity contribution in [3.63, 3.8) is 0 Å². The third-order valence-corrected chi connectivity index (χ3v) is 5.93. The Morgan fingerprint density at radius 3 is 2.34 bits per heavy atom. The fourth-order valence-electron chi connectivity index (χ4n) is 2.64. The first-order chi connectivity index (χ1) is 13.8. The number of sulfonamides is 1. The van der Waals surface area contributed by atoms with Gasteiger partial charge in [-0.1, -0.05) is 12.1 Å². The number of carbonyl (C=O) groups is 1. The first-order valence-corrected chi connectivity index (χ1v) is 10.5. The van der Waals surface area contributed by atoms with Crippen molar-refractivity contribution in [1.29, 1.82) is 0 Å². The van der Waals surface area contributed by atoms with Gasteiger partial charge < -0.3 is 15.0 Å². The average Bonchev–Trinajstić information content (AvgIpc) is 2.70. The molecule has 158 valence electrons. The van der Waals surface area contributed by atoms with Crippen molar-refractivity contribution in [3.05, 3.63) is 54.3 Å². The number of nitrogens with zero attached hydrogens (tertiary/aromatic N) is 2. The Balaban J connectivity index is 2.28. The average molecular weight is 424 g/mol. The zero-order chi connectivity index (χ0) is 21.4. The minimum Gasteiger partial charge on any atom is -0.497 e. The summed E-state index contributed by atoms with van der Waals surface area (Å²) in [5.74, 6) is -0.755. The number of methoxy groups -OCH3 is 1. The summed E-state index contributed by atoms with van der Waals surface area (Å²) in [6, 6.07) is 11.2. The van der Waals surface area contributed by atoms with Crippen LogP contribution < -0.4 is 14.4 Å². The van der Waals surface area contributed by atoms with Crippen LogP contribution in [0.5, 0.6) is 5.75 Å². The quantitative estimate of drug-likeness (QED) is 0.592. The molecule has 29 heavy (non-hydrogen) atoms. The van der Waals surface area contributed by atoms with Crippen molar-refractivity contribution in [3.8, 4) is 5.75 Å². The second-order valence-electron chi connectivity index (χ2n) is 6.65. The number of rotatable bonds is 10. The molecule has 0 saturated heterocycles. The van der Waals surface area contributed by atoms with E-state index in [1.165, 1.54) is 49.6 Å². The van der Waals surface area contributed by atoms with Crippen molar-refractivity contribution in [2.75, 3.05) is 45.1 Å². The number of carbonyl (C=O) groups excluding carboxylic acids is 1. The Labute approximate surface area is 171 Å². The van der Waals surface area contributed by atoms with Gasteiger partial charge in [-0.15, -0.1) is 0 Å². The highest BCUT2D eigenvalue weighted by atomic mass is 32.2. The van der Waals surface area contributed by atoms with Crippen molar-refractivity contribution in [2.24, 2.45) is 0 Å². The molecule has 7 nitrogen and oxygen atoms in total. The van der Waals surface area contributed by atoms with Crippen LogP contribution in [-0.2, 0) is 14.8 Å². The van der Waals surface area contributed by atoms with Crippen LogP contribution in [0.4, 0.5) is 10.1 Å². The zero-order valence-electron chi connectivity index (χ0n) is 16.8. The van der Waals surface area contributed by atoms with Gasteiger partial charge in [-0.25, -0.2) is 12.8 Å². The Kier molecular flexibility index (Phi) is 7.98. The maximum absolute atomic E-state index is 14.4. The largest absolute Gasteiger partial charge is 0.497 e. The number of hydrogen-bond donors (Lipinski definition) is 1. The third kappa shape index (κ3) is 6.16. The van der Waals surface area contributed by atoms with E-state index in [0.717, 1.165) is 16.9 Å². The van der Waals surface area contributed by atoms with Crippen LogP contribution in [0.1, 0.15) is 6.42 Å². The van der Waals surface area contributed by atoms with E-state index in [1.54, 1.807) is 0 Å². The highest BCUT2D eigenvalue weighted by Crippen LogP contribution is 2.27. The van der Waals surface area contributed by atoms with Gasteiger partial charge in [0.05, 0.1) is 17.7 Å². The number of hydrogen-bond acceptors (Lipinski definition) is 5. The summed E-state index contributed by atoms with van der Waals surface area (Å²) >= 11 is 0. The van der Waals surface area contributed by atoms with E-state index < -0.39 is 28.3 Å². The van der Waals surface area contributed by atoms with Gasteiger partial charge in [-0.05, 0) is 63.5 Å². The fraction of sp³-hybridized carbons (Fsp3) is 0.350. The van der Waals surface area contributed by atoms with Crippen LogP contribution in [0.25, 0.3) is 0 Å². The standard InChI is InChI=1S/C20H26FN3O4S/c1-23(2)14-6-13-22-20(25)15-24(19-8-5-4-7-18(19)21)29(26,27)17-11-9-16(28-3)10-12-17/h4-5,7-12H,6,13-15H2,1-3H3,(H,22,25). The Morgan fingerprint density at radius 2 is 1.76 bits per heavy atom.